The number of halogens is 1. The van der Waals surface area contributed by atoms with Crippen molar-refractivity contribution < 1.29 is 14.3 Å². The first kappa shape index (κ1) is 15.0. The van der Waals surface area contributed by atoms with Gasteiger partial charge in [0.25, 0.3) is 0 Å². The summed E-state index contributed by atoms with van der Waals surface area (Å²) in [6.07, 6.45) is 1.48. The Kier molecular flexibility index (Phi) is 6.75. The molecule has 0 bridgehead atoms. The second-order valence-electron chi connectivity index (χ2n) is 3.94. The number of hydrogen-bond acceptors (Lipinski definition) is 3. The first-order chi connectivity index (χ1) is 8.63. The zero-order valence-electron chi connectivity index (χ0n) is 10.4. The lowest BCUT2D eigenvalue weighted by molar-refractivity contribution is -0.139. The highest BCUT2D eigenvalue weighted by atomic mass is 32.2. The third-order valence-electron chi connectivity index (χ3n) is 2.45. The molecule has 1 aromatic rings. The standard InChI is InChI=1S/C13H18FNO2S/c1-2-3-12(13(16)17)15-8-9-18-11-6-4-10(14)5-7-11/h4-7,12,15H,2-3,8-9H2,1H3,(H,16,17). The summed E-state index contributed by atoms with van der Waals surface area (Å²) in [5, 5.41) is 11.9. The van der Waals surface area contributed by atoms with Gasteiger partial charge in [-0.15, -0.1) is 11.8 Å². The van der Waals surface area contributed by atoms with Crippen LogP contribution in [0.3, 0.4) is 0 Å². The van der Waals surface area contributed by atoms with Gasteiger partial charge in [-0.1, -0.05) is 13.3 Å². The number of carboxylic acids is 1. The van der Waals surface area contributed by atoms with Crippen LogP contribution < -0.4 is 5.32 Å². The molecule has 0 spiro atoms. The number of carbonyl (C=O) groups is 1. The molecule has 0 aliphatic carbocycles. The second kappa shape index (κ2) is 8.11. The topological polar surface area (TPSA) is 49.3 Å². The predicted octanol–water partition coefficient (Wildman–Crippen LogP) is 2.76. The molecule has 2 N–H and O–H groups in total. The summed E-state index contributed by atoms with van der Waals surface area (Å²) in [5.74, 6) is -0.283. The van der Waals surface area contributed by atoms with E-state index >= 15 is 0 Å². The van der Waals surface area contributed by atoms with Gasteiger partial charge in [0.05, 0.1) is 0 Å². The number of rotatable bonds is 8. The first-order valence-electron chi connectivity index (χ1n) is 5.98. The van der Waals surface area contributed by atoms with E-state index in [1.54, 1.807) is 23.9 Å². The van der Waals surface area contributed by atoms with Crippen molar-refractivity contribution in [1.82, 2.24) is 5.32 Å². The monoisotopic (exact) mass is 271 g/mol. The molecule has 0 aliphatic heterocycles. The molecule has 0 radical (unpaired) electrons. The maximum Gasteiger partial charge on any atom is 0.320 e. The molecule has 5 heteroatoms. The minimum atomic E-state index is -0.802. The fraction of sp³-hybridized carbons (Fsp3) is 0.462. The zero-order chi connectivity index (χ0) is 13.4. The molecule has 3 nitrogen and oxygen atoms in total. The highest BCUT2D eigenvalue weighted by Crippen LogP contribution is 2.17. The largest absolute Gasteiger partial charge is 0.480 e. The molecule has 1 atom stereocenters. The summed E-state index contributed by atoms with van der Waals surface area (Å²) < 4.78 is 12.7. The first-order valence-corrected chi connectivity index (χ1v) is 6.96. The highest BCUT2D eigenvalue weighted by molar-refractivity contribution is 7.99. The maximum atomic E-state index is 12.7. The van der Waals surface area contributed by atoms with Crippen molar-refractivity contribution in [2.45, 2.75) is 30.7 Å². The Hall–Kier alpha value is -1.07. The van der Waals surface area contributed by atoms with Crippen molar-refractivity contribution in [3.05, 3.63) is 30.1 Å². The number of aliphatic carboxylic acids is 1. The van der Waals surface area contributed by atoms with Gasteiger partial charge in [-0.2, -0.15) is 0 Å². The number of thioether (sulfide) groups is 1. The van der Waals surface area contributed by atoms with Gasteiger partial charge in [0.1, 0.15) is 11.9 Å². The Labute approximate surface area is 111 Å². The number of carboxylic acid groups (broad SMARTS) is 1. The van der Waals surface area contributed by atoms with Gasteiger partial charge in [0.15, 0.2) is 0 Å². The summed E-state index contributed by atoms with van der Waals surface area (Å²) in [5.41, 5.74) is 0. The molecule has 100 valence electrons. The van der Waals surface area contributed by atoms with Gasteiger partial charge in [0.2, 0.25) is 0 Å². The average molecular weight is 271 g/mol. The number of benzene rings is 1. The van der Waals surface area contributed by atoms with Gasteiger partial charge >= 0.3 is 5.97 Å². The van der Waals surface area contributed by atoms with E-state index in [1.807, 2.05) is 6.92 Å². The van der Waals surface area contributed by atoms with E-state index in [1.165, 1.54) is 12.1 Å². The summed E-state index contributed by atoms with van der Waals surface area (Å²) in [6, 6.07) is 5.82. The highest BCUT2D eigenvalue weighted by Gasteiger charge is 2.14. The van der Waals surface area contributed by atoms with E-state index < -0.39 is 12.0 Å². The third kappa shape index (κ3) is 5.51. The zero-order valence-corrected chi connectivity index (χ0v) is 11.2. The Morgan fingerprint density at radius 2 is 2.11 bits per heavy atom. The van der Waals surface area contributed by atoms with Crippen LogP contribution in [0.5, 0.6) is 0 Å². The summed E-state index contributed by atoms with van der Waals surface area (Å²) >= 11 is 1.58. The molecule has 0 aliphatic rings. The van der Waals surface area contributed by atoms with E-state index in [-0.39, 0.29) is 5.82 Å². The van der Waals surface area contributed by atoms with E-state index in [0.29, 0.717) is 13.0 Å². The van der Waals surface area contributed by atoms with Crippen molar-refractivity contribution >= 4 is 17.7 Å². The third-order valence-corrected chi connectivity index (χ3v) is 3.46. The normalized spacial score (nSPS) is 12.3. The van der Waals surface area contributed by atoms with Crippen LogP contribution >= 0.6 is 11.8 Å². The van der Waals surface area contributed by atoms with Crippen LogP contribution in [0.25, 0.3) is 0 Å². The van der Waals surface area contributed by atoms with Crippen molar-refractivity contribution in [1.29, 1.82) is 0 Å². The Morgan fingerprint density at radius 3 is 2.67 bits per heavy atom. The van der Waals surface area contributed by atoms with E-state index in [2.05, 4.69) is 5.32 Å². The van der Waals surface area contributed by atoms with Crippen molar-refractivity contribution in [3.8, 4) is 0 Å². The lowest BCUT2D eigenvalue weighted by atomic mass is 10.2. The molecule has 1 aromatic carbocycles. The molecule has 0 amide bonds. The second-order valence-corrected chi connectivity index (χ2v) is 5.10. The molecule has 1 unspecified atom stereocenters. The van der Waals surface area contributed by atoms with Crippen molar-refractivity contribution in [2.75, 3.05) is 12.3 Å². The van der Waals surface area contributed by atoms with Crippen LogP contribution in [-0.2, 0) is 4.79 Å². The molecule has 18 heavy (non-hydrogen) atoms. The lowest BCUT2D eigenvalue weighted by Crippen LogP contribution is -2.37. The fourth-order valence-electron chi connectivity index (χ4n) is 1.53. The van der Waals surface area contributed by atoms with Crippen LogP contribution in [0.1, 0.15) is 19.8 Å². The Morgan fingerprint density at radius 1 is 1.44 bits per heavy atom. The van der Waals surface area contributed by atoms with E-state index in [0.717, 1.165) is 17.1 Å². The summed E-state index contributed by atoms with van der Waals surface area (Å²) in [6.45, 7) is 2.59. The van der Waals surface area contributed by atoms with Gasteiger partial charge in [-0.05, 0) is 30.7 Å². The number of hydrogen-bond donors (Lipinski definition) is 2. The minimum absolute atomic E-state index is 0.244. The smallest absolute Gasteiger partial charge is 0.320 e. The quantitative estimate of drug-likeness (QED) is 0.564. The lowest BCUT2D eigenvalue weighted by Gasteiger charge is -2.12. The van der Waals surface area contributed by atoms with Crippen LogP contribution in [0.2, 0.25) is 0 Å². The van der Waals surface area contributed by atoms with Gasteiger partial charge in [-0.3, -0.25) is 4.79 Å². The van der Waals surface area contributed by atoms with Crippen LogP contribution in [0, 0.1) is 5.82 Å². The molecule has 0 saturated heterocycles. The average Bonchev–Trinajstić information content (AvgIpc) is 2.35. The Balaban J connectivity index is 2.25. The van der Waals surface area contributed by atoms with Crippen molar-refractivity contribution in [3.63, 3.8) is 0 Å². The van der Waals surface area contributed by atoms with Crippen molar-refractivity contribution in [2.24, 2.45) is 0 Å². The number of nitrogens with one attached hydrogen (secondary N) is 1. The van der Waals surface area contributed by atoms with Crippen LogP contribution in [0.15, 0.2) is 29.2 Å². The molecule has 0 aromatic heterocycles. The van der Waals surface area contributed by atoms with Gasteiger partial charge in [0, 0.05) is 17.2 Å². The van der Waals surface area contributed by atoms with Crippen LogP contribution in [0.4, 0.5) is 4.39 Å². The van der Waals surface area contributed by atoms with Gasteiger partial charge in [-0.25, -0.2) is 4.39 Å². The van der Waals surface area contributed by atoms with E-state index in [4.69, 9.17) is 5.11 Å². The molecule has 0 heterocycles. The molecule has 0 fully saturated rings. The summed E-state index contributed by atoms with van der Waals surface area (Å²) in [7, 11) is 0. The molecular formula is C13H18FNO2S. The van der Waals surface area contributed by atoms with Gasteiger partial charge < -0.3 is 10.4 Å². The Bertz CT molecular complexity index is 370. The SMILES string of the molecule is CCCC(NCCSc1ccc(F)cc1)C(=O)O. The predicted molar refractivity (Wildman–Crippen MR) is 71.5 cm³/mol. The van der Waals surface area contributed by atoms with E-state index in [9.17, 15) is 9.18 Å². The molecule has 1 rings (SSSR count). The fourth-order valence-corrected chi connectivity index (χ4v) is 2.32. The minimum Gasteiger partial charge on any atom is -0.480 e. The summed E-state index contributed by atoms with van der Waals surface area (Å²) in [4.78, 5) is 11.9. The van der Waals surface area contributed by atoms with Crippen LogP contribution in [-0.4, -0.2) is 29.4 Å². The molecule has 0 saturated carbocycles. The maximum absolute atomic E-state index is 12.7. The molecular weight excluding hydrogens is 253 g/mol.